The van der Waals surface area contributed by atoms with Crippen molar-refractivity contribution in [1.82, 2.24) is 9.80 Å². The van der Waals surface area contributed by atoms with Crippen LogP contribution in [0.1, 0.15) is 51.0 Å². The molecule has 25 heavy (non-hydrogen) atoms. The Bertz CT molecular complexity index is 571. The average Bonchev–Trinajstić information content (AvgIpc) is 2.63. The fourth-order valence-corrected chi connectivity index (χ4v) is 3.87. The zero-order valence-electron chi connectivity index (χ0n) is 15.3. The summed E-state index contributed by atoms with van der Waals surface area (Å²) in [4.78, 5) is 16.6. The molecule has 139 valence electrons. The fraction of sp³-hybridized carbons (Fsp3) is 0.600. The van der Waals surface area contributed by atoms with E-state index in [4.69, 9.17) is 23.2 Å². The number of nitrogens with zero attached hydrogens (tertiary/aromatic N) is 2. The average molecular weight is 384 g/mol. The second-order valence-corrected chi connectivity index (χ2v) is 7.58. The van der Waals surface area contributed by atoms with E-state index in [9.17, 15) is 4.79 Å². The number of likely N-dealkylation sites (tertiary alicyclic amines) is 1. The third-order valence-electron chi connectivity index (χ3n) is 5.17. The van der Waals surface area contributed by atoms with Crippen molar-refractivity contribution in [3.8, 4) is 0 Å². The molecule has 2 rings (SSSR count). The maximum absolute atomic E-state index is 12.0. The number of carbonyl (C=O) groups excluding carboxylic acids is 1. The first-order valence-electron chi connectivity index (χ1n) is 9.26. The number of hydrogen-bond donors (Lipinski definition) is 0. The molecule has 1 aliphatic rings. The number of hydrogen-bond acceptors (Lipinski definition) is 2. The van der Waals surface area contributed by atoms with Crippen LogP contribution < -0.4 is 0 Å². The van der Waals surface area contributed by atoms with Crippen molar-refractivity contribution in [3.05, 3.63) is 40.7 Å². The van der Waals surface area contributed by atoms with E-state index in [1.807, 2.05) is 25.1 Å². The normalized spacial score (nSPS) is 17.5. The summed E-state index contributed by atoms with van der Waals surface area (Å²) in [6, 6.07) is 6.17. The van der Waals surface area contributed by atoms with Crippen molar-refractivity contribution in [2.24, 2.45) is 0 Å². The Morgan fingerprint density at radius 1 is 1.28 bits per heavy atom. The SMILES string of the molecule is [CH2]C(CCN1CCC(N(CC)C(=O)CC)CC1)c1ccc(Cl)c(Cl)c1. The van der Waals surface area contributed by atoms with Gasteiger partial charge in [0.15, 0.2) is 0 Å². The van der Waals surface area contributed by atoms with Gasteiger partial charge >= 0.3 is 0 Å². The molecule has 1 amide bonds. The number of halogens is 2. The highest BCUT2D eigenvalue weighted by atomic mass is 35.5. The van der Waals surface area contributed by atoms with E-state index < -0.39 is 0 Å². The van der Waals surface area contributed by atoms with Gasteiger partial charge in [0.05, 0.1) is 10.0 Å². The Balaban J connectivity index is 1.80. The van der Waals surface area contributed by atoms with Gasteiger partial charge in [-0.3, -0.25) is 4.79 Å². The summed E-state index contributed by atoms with van der Waals surface area (Å²) >= 11 is 12.1. The van der Waals surface area contributed by atoms with E-state index in [1.165, 1.54) is 0 Å². The van der Waals surface area contributed by atoms with Crippen LogP contribution in [0.15, 0.2) is 18.2 Å². The summed E-state index contributed by atoms with van der Waals surface area (Å²) in [5, 5.41) is 1.18. The number of amides is 1. The monoisotopic (exact) mass is 383 g/mol. The summed E-state index contributed by atoms with van der Waals surface area (Å²) in [6.07, 6.45) is 3.72. The third-order valence-corrected chi connectivity index (χ3v) is 5.91. The Hall–Kier alpha value is -0.770. The predicted octanol–water partition coefficient (Wildman–Crippen LogP) is 5.02. The molecule has 1 saturated heterocycles. The second-order valence-electron chi connectivity index (χ2n) is 6.77. The van der Waals surface area contributed by atoms with Crippen molar-refractivity contribution in [2.45, 2.75) is 51.5 Å². The summed E-state index contributed by atoms with van der Waals surface area (Å²) < 4.78 is 0. The van der Waals surface area contributed by atoms with Gasteiger partial charge in [0.1, 0.15) is 0 Å². The zero-order chi connectivity index (χ0) is 18.4. The molecule has 1 radical (unpaired) electrons. The number of piperidine rings is 1. The van der Waals surface area contributed by atoms with Gasteiger partial charge in [0, 0.05) is 32.1 Å². The summed E-state index contributed by atoms with van der Waals surface area (Å²) in [7, 11) is 0. The Morgan fingerprint density at radius 3 is 2.52 bits per heavy atom. The van der Waals surface area contributed by atoms with Crippen LogP contribution in [-0.2, 0) is 4.79 Å². The lowest BCUT2D eigenvalue weighted by molar-refractivity contribution is -0.133. The topological polar surface area (TPSA) is 23.6 Å². The zero-order valence-corrected chi connectivity index (χ0v) is 16.8. The van der Waals surface area contributed by atoms with Crippen LogP contribution in [0.5, 0.6) is 0 Å². The predicted molar refractivity (Wildman–Crippen MR) is 106 cm³/mol. The smallest absolute Gasteiger partial charge is 0.222 e. The van der Waals surface area contributed by atoms with E-state index in [0.29, 0.717) is 22.5 Å². The van der Waals surface area contributed by atoms with Crippen LogP contribution in [0.25, 0.3) is 0 Å². The highest BCUT2D eigenvalue weighted by molar-refractivity contribution is 6.42. The lowest BCUT2D eigenvalue weighted by Gasteiger charge is -2.38. The minimum Gasteiger partial charge on any atom is -0.340 e. The molecule has 0 N–H and O–H groups in total. The first-order valence-corrected chi connectivity index (χ1v) is 10.0. The minimum absolute atomic E-state index is 0.210. The van der Waals surface area contributed by atoms with Gasteiger partial charge in [-0.15, -0.1) is 0 Å². The molecule has 1 unspecified atom stereocenters. The first-order chi connectivity index (χ1) is 12.0. The summed E-state index contributed by atoms with van der Waals surface area (Å²) in [6.45, 7) is 12.2. The molecule has 0 saturated carbocycles. The quantitative estimate of drug-likeness (QED) is 0.659. The minimum atomic E-state index is 0.210. The molecule has 0 aliphatic carbocycles. The van der Waals surface area contributed by atoms with Gasteiger partial charge in [0.2, 0.25) is 5.91 Å². The van der Waals surface area contributed by atoms with E-state index in [2.05, 4.69) is 23.6 Å². The summed E-state index contributed by atoms with van der Waals surface area (Å²) in [5.41, 5.74) is 1.13. The van der Waals surface area contributed by atoms with Crippen molar-refractivity contribution in [2.75, 3.05) is 26.2 Å². The molecule has 1 fully saturated rings. The molecule has 5 heteroatoms. The van der Waals surface area contributed by atoms with Crippen molar-refractivity contribution in [1.29, 1.82) is 0 Å². The standard InChI is InChI=1S/C20H29Cl2N2O/c1-4-20(25)24(5-2)17-9-12-23(13-10-17)11-8-15(3)16-6-7-18(21)19(22)14-16/h6-7,14-15,17H,3-5,8-13H2,1-2H3. The van der Waals surface area contributed by atoms with E-state index in [-0.39, 0.29) is 11.8 Å². The second kappa shape index (κ2) is 9.80. The van der Waals surface area contributed by atoms with Gasteiger partial charge in [-0.25, -0.2) is 0 Å². The Morgan fingerprint density at radius 2 is 1.96 bits per heavy atom. The maximum Gasteiger partial charge on any atom is 0.222 e. The van der Waals surface area contributed by atoms with Gasteiger partial charge in [0.25, 0.3) is 0 Å². The molecule has 3 nitrogen and oxygen atoms in total. The summed E-state index contributed by atoms with van der Waals surface area (Å²) in [5.74, 6) is 0.486. The number of carbonyl (C=O) groups is 1. The molecule has 1 aromatic carbocycles. The Kier molecular flexibility index (Phi) is 8.05. The maximum atomic E-state index is 12.0. The molecule has 1 aromatic rings. The number of benzene rings is 1. The molecule has 0 bridgehead atoms. The molecule has 0 spiro atoms. The van der Waals surface area contributed by atoms with Gasteiger partial charge in [-0.05, 0) is 63.3 Å². The van der Waals surface area contributed by atoms with Crippen LogP contribution in [0, 0.1) is 6.92 Å². The largest absolute Gasteiger partial charge is 0.340 e. The molecule has 1 atom stereocenters. The van der Waals surface area contributed by atoms with Gasteiger partial charge < -0.3 is 9.80 Å². The lowest BCUT2D eigenvalue weighted by atomic mass is 9.96. The lowest BCUT2D eigenvalue weighted by Crippen LogP contribution is -2.47. The molecule has 0 aromatic heterocycles. The van der Waals surface area contributed by atoms with Crippen LogP contribution in [-0.4, -0.2) is 47.9 Å². The van der Waals surface area contributed by atoms with E-state index in [0.717, 1.165) is 51.0 Å². The van der Waals surface area contributed by atoms with Crippen LogP contribution in [0.3, 0.4) is 0 Å². The van der Waals surface area contributed by atoms with Crippen molar-refractivity contribution >= 4 is 29.1 Å². The number of rotatable bonds is 7. The van der Waals surface area contributed by atoms with Crippen LogP contribution in [0.2, 0.25) is 10.0 Å². The molecular weight excluding hydrogens is 355 g/mol. The van der Waals surface area contributed by atoms with Crippen LogP contribution in [0.4, 0.5) is 0 Å². The highest BCUT2D eigenvalue weighted by Crippen LogP contribution is 2.28. The van der Waals surface area contributed by atoms with Crippen LogP contribution >= 0.6 is 23.2 Å². The highest BCUT2D eigenvalue weighted by Gasteiger charge is 2.26. The first kappa shape index (κ1) is 20.5. The van der Waals surface area contributed by atoms with Crippen molar-refractivity contribution in [3.63, 3.8) is 0 Å². The molecular formula is C20H29Cl2N2O. The fourth-order valence-electron chi connectivity index (χ4n) is 3.57. The van der Waals surface area contributed by atoms with E-state index >= 15 is 0 Å². The van der Waals surface area contributed by atoms with Crippen molar-refractivity contribution < 1.29 is 4.79 Å². The Labute approximate surface area is 162 Å². The molecule has 1 heterocycles. The van der Waals surface area contributed by atoms with Gasteiger partial charge in [-0.1, -0.05) is 36.2 Å². The third kappa shape index (κ3) is 5.60. The molecule has 1 aliphatic heterocycles. The van der Waals surface area contributed by atoms with Gasteiger partial charge in [-0.2, -0.15) is 0 Å². The van der Waals surface area contributed by atoms with E-state index in [1.54, 1.807) is 0 Å².